The molecule has 0 aliphatic carbocycles. The van der Waals surface area contributed by atoms with Gasteiger partial charge in [0.25, 0.3) is 0 Å². The number of nitrogens with one attached hydrogen (secondary N) is 1. The highest BCUT2D eigenvalue weighted by Gasteiger charge is 2.20. The normalized spacial score (nSPS) is 15.1. The van der Waals surface area contributed by atoms with Crippen LogP contribution in [0.1, 0.15) is 29.9 Å². The van der Waals surface area contributed by atoms with Crippen molar-refractivity contribution in [3.05, 3.63) is 47.5 Å². The first-order chi connectivity index (χ1) is 9.33. The van der Waals surface area contributed by atoms with E-state index in [1.165, 1.54) is 5.56 Å². The molecule has 19 heavy (non-hydrogen) atoms. The van der Waals surface area contributed by atoms with Crippen LogP contribution >= 0.6 is 0 Å². The average molecular weight is 258 g/mol. The van der Waals surface area contributed by atoms with Crippen LogP contribution < -0.4 is 16.0 Å². The molecule has 3 N–H and O–H groups in total. The summed E-state index contributed by atoms with van der Waals surface area (Å²) in [5.74, 6) is 7.65. The van der Waals surface area contributed by atoms with E-state index in [9.17, 15) is 0 Å². The molecule has 0 saturated heterocycles. The van der Waals surface area contributed by atoms with Crippen LogP contribution in [-0.4, -0.2) is 16.2 Å². The largest absolute Gasteiger partial charge is 0.493 e. The average Bonchev–Trinajstić information content (AvgIpc) is 3.07. The molecule has 0 saturated carbocycles. The SMILES string of the molecule is CCn1ccnc1C(NN)c1ccc2c(c1)CCO2. The number of hydrogen-bond donors (Lipinski definition) is 2. The molecule has 5 nitrogen and oxygen atoms in total. The quantitative estimate of drug-likeness (QED) is 0.642. The summed E-state index contributed by atoms with van der Waals surface area (Å²) in [4.78, 5) is 4.42. The van der Waals surface area contributed by atoms with Crippen LogP contribution in [0.4, 0.5) is 0 Å². The first kappa shape index (κ1) is 12.2. The second kappa shape index (κ2) is 5.03. The Balaban J connectivity index is 1.98. The standard InChI is InChI=1S/C14H18N4O/c1-2-18-7-6-16-14(18)13(17-15)11-3-4-12-10(9-11)5-8-19-12/h3-4,6-7,9,13,17H,2,5,8,15H2,1H3. The van der Waals surface area contributed by atoms with E-state index in [1.54, 1.807) is 6.20 Å². The number of imidazole rings is 1. The van der Waals surface area contributed by atoms with Gasteiger partial charge in [-0.1, -0.05) is 6.07 Å². The van der Waals surface area contributed by atoms with Gasteiger partial charge in [-0.3, -0.25) is 5.84 Å². The molecule has 0 radical (unpaired) electrons. The lowest BCUT2D eigenvalue weighted by Gasteiger charge is -2.18. The molecule has 0 spiro atoms. The zero-order valence-electron chi connectivity index (χ0n) is 11.0. The maximum absolute atomic E-state index is 5.73. The summed E-state index contributed by atoms with van der Waals surface area (Å²) in [7, 11) is 0. The summed E-state index contributed by atoms with van der Waals surface area (Å²) >= 11 is 0. The fraction of sp³-hybridized carbons (Fsp3) is 0.357. The van der Waals surface area contributed by atoms with E-state index >= 15 is 0 Å². The van der Waals surface area contributed by atoms with Gasteiger partial charge in [-0.15, -0.1) is 0 Å². The van der Waals surface area contributed by atoms with E-state index in [-0.39, 0.29) is 6.04 Å². The van der Waals surface area contributed by atoms with Crippen LogP contribution in [0.3, 0.4) is 0 Å². The fourth-order valence-corrected chi connectivity index (χ4v) is 2.55. The van der Waals surface area contributed by atoms with E-state index in [2.05, 4.69) is 28.0 Å². The lowest BCUT2D eigenvalue weighted by molar-refractivity contribution is 0.356. The Bertz CT molecular complexity index is 579. The van der Waals surface area contributed by atoms with Crippen molar-refractivity contribution < 1.29 is 4.74 Å². The number of rotatable bonds is 4. The van der Waals surface area contributed by atoms with Crippen molar-refractivity contribution in [3.63, 3.8) is 0 Å². The fourth-order valence-electron chi connectivity index (χ4n) is 2.55. The topological polar surface area (TPSA) is 65.1 Å². The molecule has 2 heterocycles. The second-order valence-electron chi connectivity index (χ2n) is 4.64. The number of hydrazine groups is 1. The van der Waals surface area contributed by atoms with Gasteiger partial charge in [0.1, 0.15) is 17.6 Å². The Hall–Kier alpha value is -1.85. The molecule has 1 aromatic heterocycles. The monoisotopic (exact) mass is 258 g/mol. The number of ether oxygens (including phenoxy) is 1. The molecule has 0 bridgehead atoms. The number of aromatic nitrogens is 2. The van der Waals surface area contributed by atoms with Crippen molar-refractivity contribution in [1.82, 2.24) is 15.0 Å². The van der Waals surface area contributed by atoms with Gasteiger partial charge in [-0.05, 0) is 30.2 Å². The molecule has 2 aromatic rings. The minimum Gasteiger partial charge on any atom is -0.493 e. The van der Waals surface area contributed by atoms with Crippen molar-refractivity contribution in [2.45, 2.75) is 25.9 Å². The Kier molecular flexibility index (Phi) is 3.23. The van der Waals surface area contributed by atoms with Crippen LogP contribution in [0.5, 0.6) is 5.75 Å². The Morgan fingerprint density at radius 2 is 2.42 bits per heavy atom. The number of nitrogens with two attached hydrogens (primary N) is 1. The highest BCUT2D eigenvalue weighted by molar-refractivity contribution is 5.42. The third kappa shape index (κ3) is 2.11. The number of nitrogens with zero attached hydrogens (tertiary/aromatic N) is 2. The molecule has 1 aliphatic rings. The van der Waals surface area contributed by atoms with Gasteiger partial charge >= 0.3 is 0 Å². The summed E-state index contributed by atoms with van der Waals surface area (Å²) < 4.78 is 7.62. The molecular formula is C14H18N4O. The van der Waals surface area contributed by atoms with Gasteiger partial charge in [0.15, 0.2) is 0 Å². The Morgan fingerprint density at radius 3 is 3.21 bits per heavy atom. The van der Waals surface area contributed by atoms with Crippen molar-refractivity contribution in [1.29, 1.82) is 0 Å². The van der Waals surface area contributed by atoms with Crippen molar-refractivity contribution in [2.75, 3.05) is 6.61 Å². The van der Waals surface area contributed by atoms with Gasteiger partial charge in [0, 0.05) is 25.4 Å². The maximum atomic E-state index is 5.73. The lowest BCUT2D eigenvalue weighted by Crippen LogP contribution is -2.31. The van der Waals surface area contributed by atoms with E-state index in [0.29, 0.717) is 0 Å². The third-order valence-corrected chi connectivity index (χ3v) is 3.56. The lowest BCUT2D eigenvalue weighted by atomic mass is 10.0. The summed E-state index contributed by atoms with van der Waals surface area (Å²) in [6.45, 7) is 3.74. The molecule has 0 amide bonds. The number of fused-ring (bicyclic) bond motifs is 1. The third-order valence-electron chi connectivity index (χ3n) is 3.56. The van der Waals surface area contributed by atoms with Gasteiger partial charge in [-0.2, -0.15) is 0 Å². The van der Waals surface area contributed by atoms with E-state index in [1.807, 2.05) is 18.3 Å². The van der Waals surface area contributed by atoms with Crippen LogP contribution in [-0.2, 0) is 13.0 Å². The zero-order valence-corrected chi connectivity index (χ0v) is 11.0. The second-order valence-corrected chi connectivity index (χ2v) is 4.64. The molecule has 1 aromatic carbocycles. The number of hydrogen-bond acceptors (Lipinski definition) is 4. The Labute approximate surface area is 112 Å². The molecule has 0 fully saturated rings. The summed E-state index contributed by atoms with van der Waals surface area (Å²) in [6.07, 6.45) is 4.73. The maximum Gasteiger partial charge on any atom is 0.131 e. The van der Waals surface area contributed by atoms with E-state index in [0.717, 1.165) is 36.7 Å². The molecule has 1 aliphatic heterocycles. The van der Waals surface area contributed by atoms with Gasteiger partial charge < -0.3 is 9.30 Å². The van der Waals surface area contributed by atoms with Crippen LogP contribution in [0.2, 0.25) is 0 Å². The van der Waals surface area contributed by atoms with E-state index in [4.69, 9.17) is 10.6 Å². The molecule has 5 heteroatoms. The molecule has 3 rings (SSSR count). The highest BCUT2D eigenvalue weighted by Crippen LogP contribution is 2.29. The summed E-state index contributed by atoms with van der Waals surface area (Å²) in [6, 6.07) is 6.12. The molecule has 1 unspecified atom stereocenters. The van der Waals surface area contributed by atoms with E-state index < -0.39 is 0 Å². The van der Waals surface area contributed by atoms with Crippen molar-refractivity contribution >= 4 is 0 Å². The minimum atomic E-state index is -0.0964. The first-order valence-corrected chi connectivity index (χ1v) is 6.56. The number of benzene rings is 1. The minimum absolute atomic E-state index is 0.0964. The molecule has 100 valence electrons. The van der Waals surface area contributed by atoms with Gasteiger partial charge in [0.05, 0.1) is 6.61 Å². The zero-order chi connectivity index (χ0) is 13.2. The summed E-state index contributed by atoms with van der Waals surface area (Å²) in [5.41, 5.74) is 5.22. The number of aryl methyl sites for hydroxylation is 1. The highest BCUT2D eigenvalue weighted by atomic mass is 16.5. The predicted molar refractivity (Wildman–Crippen MR) is 72.7 cm³/mol. The predicted octanol–water partition coefficient (Wildman–Crippen LogP) is 1.39. The van der Waals surface area contributed by atoms with Crippen molar-refractivity contribution in [2.24, 2.45) is 5.84 Å². The van der Waals surface area contributed by atoms with Gasteiger partial charge in [-0.25, -0.2) is 10.4 Å². The van der Waals surface area contributed by atoms with Crippen LogP contribution in [0.25, 0.3) is 0 Å². The van der Waals surface area contributed by atoms with Crippen LogP contribution in [0.15, 0.2) is 30.6 Å². The first-order valence-electron chi connectivity index (χ1n) is 6.56. The van der Waals surface area contributed by atoms with Crippen LogP contribution in [0, 0.1) is 0 Å². The Morgan fingerprint density at radius 1 is 1.53 bits per heavy atom. The van der Waals surface area contributed by atoms with Gasteiger partial charge in [0.2, 0.25) is 0 Å². The van der Waals surface area contributed by atoms with Crippen molar-refractivity contribution in [3.8, 4) is 5.75 Å². The summed E-state index contributed by atoms with van der Waals surface area (Å²) in [5, 5.41) is 0. The molecule has 1 atom stereocenters. The molecular weight excluding hydrogens is 240 g/mol. The smallest absolute Gasteiger partial charge is 0.131 e.